The Balaban J connectivity index is 3.05. The number of rotatable bonds is 4. The Morgan fingerprint density at radius 1 is 1.50 bits per heavy atom. The van der Waals surface area contributed by atoms with Gasteiger partial charge in [-0.15, -0.1) is 0 Å². The van der Waals surface area contributed by atoms with Gasteiger partial charge in [-0.25, -0.2) is 4.98 Å². The fourth-order valence-electron chi connectivity index (χ4n) is 1.28. The average molecular weight is 221 g/mol. The third kappa shape index (κ3) is 2.45. The van der Waals surface area contributed by atoms with Crippen LogP contribution in [0.2, 0.25) is 0 Å². The number of aldehydes is 1. The van der Waals surface area contributed by atoms with Crippen molar-refractivity contribution < 1.29 is 14.3 Å². The summed E-state index contributed by atoms with van der Waals surface area (Å²) in [5.41, 5.74) is 0.0140. The molecule has 1 rings (SSSR count). The Kier molecular flexibility index (Phi) is 3.77. The lowest BCUT2D eigenvalue weighted by Crippen LogP contribution is -2.32. The van der Waals surface area contributed by atoms with Crippen LogP contribution in [0.5, 0.6) is 0 Å². The average Bonchev–Trinajstić information content (AvgIpc) is 2.29. The summed E-state index contributed by atoms with van der Waals surface area (Å²) in [7, 11) is 0. The fourth-order valence-corrected chi connectivity index (χ4v) is 1.28. The second kappa shape index (κ2) is 4.88. The number of aromatic nitrogens is 1. The van der Waals surface area contributed by atoms with E-state index in [-0.39, 0.29) is 5.97 Å². The molecule has 0 saturated carbocycles. The van der Waals surface area contributed by atoms with Gasteiger partial charge in [-0.3, -0.25) is 9.59 Å². The molecule has 1 heterocycles. The van der Waals surface area contributed by atoms with E-state index in [9.17, 15) is 9.59 Å². The molecule has 0 aliphatic rings. The third-order valence-corrected chi connectivity index (χ3v) is 2.32. The second-order valence-corrected chi connectivity index (χ2v) is 3.91. The van der Waals surface area contributed by atoms with Crippen LogP contribution >= 0.6 is 0 Å². The molecule has 4 nitrogen and oxygen atoms in total. The van der Waals surface area contributed by atoms with Crippen molar-refractivity contribution in [1.82, 2.24) is 4.98 Å². The zero-order valence-electron chi connectivity index (χ0n) is 9.69. The molecule has 0 N–H and O–H groups in total. The SMILES string of the molecule is CCOC(=O)C(C)(C)c1cccc(C=O)n1. The first-order chi connectivity index (χ1) is 7.52. The number of carbonyl (C=O) groups is 2. The van der Waals surface area contributed by atoms with Gasteiger partial charge in [0, 0.05) is 0 Å². The summed E-state index contributed by atoms with van der Waals surface area (Å²) in [6.07, 6.45) is 0.657. The molecule has 0 atom stereocenters. The van der Waals surface area contributed by atoms with Crippen molar-refractivity contribution in [2.75, 3.05) is 6.61 Å². The Morgan fingerprint density at radius 3 is 2.75 bits per heavy atom. The van der Waals surface area contributed by atoms with E-state index in [0.717, 1.165) is 0 Å². The smallest absolute Gasteiger partial charge is 0.317 e. The minimum atomic E-state index is -0.838. The number of carbonyl (C=O) groups excluding carboxylic acids is 2. The quantitative estimate of drug-likeness (QED) is 0.574. The standard InChI is InChI=1S/C12H15NO3/c1-4-16-11(15)12(2,3)10-7-5-6-9(8-14)13-10/h5-8H,4H2,1-3H3. The van der Waals surface area contributed by atoms with Crippen LogP contribution in [0.4, 0.5) is 0 Å². The van der Waals surface area contributed by atoms with Gasteiger partial charge < -0.3 is 4.74 Å². The van der Waals surface area contributed by atoms with Crippen LogP contribution in [-0.2, 0) is 14.9 Å². The third-order valence-electron chi connectivity index (χ3n) is 2.32. The minimum absolute atomic E-state index is 0.315. The van der Waals surface area contributed by atoms with Crippen molar-refractivity contribution in [2.24, 2.45) is 0 Å². The van der Waals surface area contributed by atoms with Crippen LogP contribution in [0.3, 0.4) is 0 Å². The molecule has 0 aromatic carbocycles. The van der Waals surface area contributed by atoms with Crippen molar-refractivity contribution in [3.8, 4) is 0 Å². The van der Waals surface area contributed by atoms with Gasteiger partial charge in [0.2, 0.25) is 0 Å². The summed E-state index contributed by atoms with van der Waals surface area (Å²) in [5.74, 6) is -0.342. The molecule has 0 aliphatic carbocycles. The summed E-state index contributed by atoms with van der Waals surface area (Å²) in [4.78, 5) is 26.4. The highest BCUT2D eigenvalue weighted by Crippen LogP contribution is 2.22. The lowest BCUT2D eigenvalue weighted by atomic mass is 9.89. The van der Waals surface area contributed by atoms with Crippen molar-refractivity contribution in [1.29, 1.82) is 0 Å². The van der Waals surface area contributed by atoms with Gasteiger partial charge in [-0.1, -0.05) is 6.07 Å². The van der Waals surface area contributed by atoms with Crippen LogP contribution < -0.4 is 0 Å². The Hall–Kier alpha value is -1.71. The van der Waals surface area contributed by atoms with E-state index in [4.69, 9.17) is 4.74 Å². The normalized spacial score (nSPS) is 10.9. The van der Waals surface area contributed by atoms with E-state index in [1.54, 1.807) is 39.0 Å². The molecule has 1 aromatic heterocycles. The van der Waals surface area contributed by atoms with Crippen LogP contribution in [0.1, 0.15) is 37.0 Å². The van der Waals surface area contributed by atoms with E-state index in [1.165, 1.54) is 0 Å². The van der Waals surface area contributed by atoms with Crippen LogP contribution in [0.25, 0.3) is 0 Å². The molecule has 0 radical (unpaired) electrons. The molecule has 1 aromatic rings. The molecular weight excluding hydrogens is 206 g/mol. The first-order valence-corrected chi connectivity index (χ1v) is 5.12. The summed E-state index contributed by atoms with van der Waals surface area (Å²) < 4.78 is 4.97. The number of ether oxygens (including phenoxy) is 1. The van der Waals surface area contributed by atoms with Gasteiger partial charge >= 0.3 is 5.97 Å². The van der Waals surface area contributed by atoms with Crippen molar-refractivity contribution in [3.05, 3.63) is 29.6 Å². The maximum atomic E-state index is 11.7. The largest absolute Gasteiger partial charge is 0.465 e. The second-order valence-electron chi connectivity index (χ2n) is 3.91. The summed E-state index contributed by atoms with van der Waals surface area (Å²) in [6, 6.07) is 5.01. The van der Waals surface area contributed by atoms with Crippen LogP contribution in [0.15, 0.2) is 18.2 Å². The Morgan fingerprint density at radius 2 is 2.19 bits per heavy atom. The van der Waals surface area contributed by atoms with E-state index in [2.05, 4.69) is 4.98 Å². The van der Waals surface area contributed by atoms with E-state index in [1.807, 2.05) is 0 Å². The first kappa shape index (κ1) is 12.4. The Bertz CT molecular complexity index is 399. The highest BCUT2D eigenvalue weighted by atomic mass is 16.5. The molecule has 0 aliphatic heterocycles. The zero-order valence-corrected chi connectivity index (χ0v) is 9.69. The van der Waals surface area contributed by atoms with Gasteiger partial charge in [0.15, 0.2) is 6.29 Å². The van der Waals surface area contributed by atoms with Crippen molar-refractivity contribution in [2.45, 2.75) is 26.2 Å². The Labute approximate surface area is 94.6 Å². The number of hydrogen-bond acceptors (Lipinski definition) is 4. The summed E-state index contributed by atoms with van der Waals surface area (Å²) in [6.45, 7) is 5.53. The van der Waals surface area contributed by atoms with Crippen molar-refractivity contribution >= 4 is 12.3 Å². The summed E-state index contributed by atoms with van der Waals surface area (Å²) in [5, 5.41) is 0. The molecule has 0 fully saturated rings. The molecule has 0 saturated heterocycles. The van der Waals surface area contributed by atoms with Crippen LogP contribution in [0, 0.1) is 0 Å². The molecular formula is C12H15NO3. The number of hydrogen-bond donors (Lipinski definition) is 0. The summed E-state index contributed by atoms with van der Waals surface area (Å²) >= 11 is 0. The molecule has 86 valence electrons. The zero-order chi connectivity index (χ0) is 12.2. The molecule has 16 heavy (non-hydrogen) atoms. The van der Waals surface area contributed by atoms with Crippen molar-refractivity contribution in [3.63, 3.8) is 0 Å². The molecule has 4 heteroatoms. The maximum absolute atomic E-state index is 11.7. The highest BCUT2D eigenvalue weighted by Gasteiger charge is 2.32. The predicted molar refractivity (Wildman–Crippen MR) is 59.3 cm³/mol. The topological polar surface area (TPSA) is 56.3 Å². The van der Waals surface area contributed by atoms with Gasteiger partial charge in [-0.2, -0.15) is 0 Å². The van der Waals surface area contributed by atoms with Gasteiger partial charge in [0.05, 0.1) is 12.3 Å². The molecule has 0 bridgehead atoms. The van der Waals surface area contributed by atoms with E-state index in [0.29, 0.717) is 24.3 Å². The predicted octanol–water partition coefficient (Wildman–Crippen LogP) is 1.73. The molecule has 0 amide bonds. The molecule has 0 spiro atoms. The monoisotopic (exact) mass is 221 g/mol. The first-order valence-electron chi connectivity index (χ1n) is 5.12. The molecule has 0 unspecified atom stereocenters. The lowest BCUT2D eigenvalue weighted by Gasteiger charge is -2.21. The van der Waals surface area contributed by atoms with E-state index < -0.39 is 5.41 Å². The van der Waals surface area contributed by atoms with Gasteiger partial charge in [0.1, 0.15) is 11.1 Å². The lowest BCUT2D eigenvalue weighted by molar-refractivity contribution is -0.148. The number of nitrogens with zero attached hydrogens (tertiary/aromatic N) is 1. The maximum Gasteiger partial charge on any atom is 0.317 e. The van der Waals surface area contributed by atoms with E-state index >= 15 is 0 Å². The fraction of sp³-hybridized carbons (Fsp3) is 0.417. The van der Waals surface area contributed by atoms with Gasteiger partial charge in [0.25, 0.3) is 0 Å². The van der Waals surface area contributed by atoms with Crippen LogP contribution in [-0.4, -0.2) is 23.8 Å². The van der Waals surface area contributed by atoms with Gasteiger partial charge in [-0.05, 0) is 32.9 Å². The number of esters is 1. The highest BCUT2D eigenvalue weighted by molar-refractivity contribution is 5.82. The minimum Gasteiger partial charge on any atom is -0.465 e. The number of pyridine rings is 1.